The van der Waals surface area contributed by atoms with Crippen LogP contribution < -0.4 is 0 Å². The van der Waals surface area contributed by atoms with Crippen LogP contribution in [0, 0.1) is 0 Å². The molecule has 108 valence electrons. The van der Waals surface area contributed by atoms with E-state index in [1.165, 1.54) is 77.0 Å². The molecule has 0 bridgehead atoms. The lowest BCUT2D eigenvalue weighted by molar-refractivity contribution is 0.546. The minimum absolute atomic E-state index is 0.866. The van der Waals surface area contributed by atoms with Gasteiger partial charge in [0.1, 0.15) is 12.3 Å². The van der Waals surface area contributed by atoms with Gasteiger partial charge in [-0.2, -0.15) is 0 Å². The average Bonchev–Trinajstić information content (AvgIpc) is 2.39. The van der Waals surface area contributed by atoms with Crippen molar-refractivity contribution in [3.8, 4) is 0 Å². The standard InChI is InChI=1S/C16H34OP/c1-3-5-6-7-8-9-10-11-12-13-14-15-16-18(17)4-2/h3-16H2,1-2H3/q+1. The van der Waals surface area contributed by atoms with E-state index in [2.05, 4.69) is 6.92 Å². The largest absolute Gasteiger partial charge is 0.338 e. The average molecular weight is 273 g/mol. The van der Waals surface area contributed by atoms with E-state index >= 15 is 0 Å². The molecule has 0 radical (unpaired) electrons. The molecule has 1 unspecified atom stereocenters. The maximum absolute atomic E-state index is 11.2. The van der Waals surface area contributed by atoms with E-state index in [1.54, 1.807) is 0 Å². The van der Waals surface area contributed by atoms with Crippen LogP contribution >= 0.6 is 7.80 Å². The van der Waals surface area contributed by atoms with Crippen molar-refractivity contribution in [2.45, 2.75) is 90.9 Å². The maximum atomic E-state index is 11.2. The van der Waals surface area contributed by atoms with Gasteiger partial charge in [0.05, 0.1) is 0 Å². The fourth-order valence-electron chi connectivity index (χ4n) is 2.29. The first-order valence-corrected chi connectivity index (χ1v) is 9.86. The Labute approximate surface area is 116 Å². The summed E-state index contributed by atoms with van der Waals surface area (Å²) in [5.41, 5.74) is 0. The zero-order chi connectivity index (χ0) is 13.5. The van der Waals surface area contributed by atoms with E-state index in [1.807, 2.05) is 6.92 Å². The van der Waals surface area contributed by atoms with Gasteiger partial charge >= 0.3 is 7.80 Å². The fourth-order valence-corrected chi connectivity index (χ4v) is 3.18. The topological polar surface area (TPSA) is 17.1 Å². The van der Waals surface area contributed by atoms with Crippen LogP contribution in [0.2, 0.25) is 0 Å². The van der Waals surface area contributed by atoms with Crippen LogP contribution in [0.15, 0.2) is 0 Å². The molecule has 0 saturated heterocycles. The van der Waals surface area contributed by atoms with Crippen LogP contribution in [0.5, 0.6) is 0 Å². The third-order valence-electron chi connectivity index (χ3n) is 3.61. The number of rotatable bonds is 14. The summed E-state index contributed by atoms with van der Waals surface area (Å²) < 4.78 is 11.2. The van der Waals surface area contributed by atoms with Gasteiger partial charge in [0, 0.05) is 0 Å². The SMILES string of the molecule is CCCCCCCCCCCCCC[P+](=O)CC. The molecule has 0 aromatic carbocycles. The van der Waals surface area contributed by atoms with Crippen molar-refractivity contribution < 1.29 is 4.57 Å². The number of hydrogen-bond acceptors (Lipinski definition) is 1. The Bertz CT molecular complexity index is 180. The lowest BCUT2D eigenvalue weighted by Gasteiger charge is -2.01. The molecule has 18 heavy (non-hydrogen) atoms. The van der Waals surface area contributed by atoms with Crippen molar-refractivity contribution in [3.63, 3.8) is 0 Å². The molecule has 0 aliphatic rings. The molecule has 0 aliphatic heterocycles. The Morgan fingerprint density at radius 3 is 1.39 bits per heavy atom. The highest BCUT2D eigenvalue weighted by molar-refractivity contribution is 7.44. The van der Waals surface area contributed by atoms with E-state index in [0.717, 1.165) is 12.3 Å². The van der Waals surface area contributed by atoms with Crippen LogP contribution in [0.4, 0.5) is 0 Å². The van der Waals surface area contributed by atoms with E-state index in [9.17, 15) is 4.57 Å². The highest BCUT2D eigenvalue weighted by Gasteiger charge is 2.08. The van der Waals surface area contributed by atoms with Crippen molar-refractivity contribution in [2.75, 3.05) is 12.3 Å². The van der Waals surface area contributed by atoms with Gasteiger partial charge in [-0.3, -0.25) is 0 Å². The van der Waals surface area contributed by atoms with Crippen LogP contribution in [0.25, 0.3) is 0 Å². The van der Waals surface area contributed by atoms with Crippen LogP contribution in [-0.4, -0.2) is 12.3 Å². The Morgan fingerprint density at radius 1 is 0.611 bits per heavy atom. The molecule has 2 heteroatoms. The molecule has 0 heterocycles. The van der Waals surface area contributed by atoms with Gasteiger partial charge in [-0.1, -0.05) is 75.7 Å². The second-order valence-corrected chi connectivity index (χ2v) is 7.45. The van der Waals surface area contributed by atoms with Crippen molar-refractivity contribution >= 4 is 7.80 Å². The molecular weight excluding hydrogens is 239 g/mol. The minimum Gasteiger partial charge on any atom is -0.0749 e. The summed E-state index contributed by atoms with van der Waals surface area (Å²) >= 11 is 0. The van der Waals surface area contributed by atoms with E-state index in [4.69, 9.17) is 0 Å². The van der Waals surface area contributed by atoms with Gasteiger partial charge in [-0.05, 0) is 19.8 Å². The van der Waals surface area contributed by atoms with Gasteiger partial charge in [0.15, 0.2) is 0 Å². The molecule has 1 atom stereocenters. The summed E-state index contributed by atoms with van der Waals surface area (Å²) in [7, 11) is -0.866. The van der Waals surface area contributed by atoms with Crippen LogP contribution in [0.1, 0.15) is 90.9 Å². The predicted molar refractivity (Wildman–Crippen MR) is 84.1 cm³/mol. The lowest BCUT2D eigenvalue weighted by atomic mass is 10.1. The van der Waals surface area contributed by atoms with Gasteiger partial charge < -0.3 is 0 Å². The molecule has 0 fully saturated rings. The molecule has 0 rings (SSSR count). The zero-order valence-corrected chi connectivity index (χ0v) is 13.6. The predicted octanol–water partition coefficient (Wildman–Crippen LogP) is 6.53. The lowest BCUT2D eigenvalue weighted by Crippen LogP contribution is -1.84. The molecule has 0 aliphatic carbocycles. The Kier molecular flexibility index (Phi) is 15.2. The highest BCUT2D eigenvalue weighted by atomic mass is 31.1. The molecule has 0 amide bonds. The van der Waals surface area contributed by atoms with Gasteiger partial charge in [-0.15, -0.1) is 0 Å². The summed E-state index contributed by atoms with van der Waals surface area (Å²) in [6.45, 7) is 4.30. The summed E-state index contributed by atoms with van der Waals surface area (Å²) in [5, 5.41) is 0. The maximum Gasteiger partial charge on any atom is 0.338 e. The van der Waals surface area contributed by atoms with Crippen molar-refractivity contribution in [1.82, 2.24) is 0 Å². The quantitative estimate of drug-likeness (QED) is 0.259. The first-order valence-electron chi connectivity index (χ1n) is 8.23. The fraction of sp³-hybridized carbons (Fsp3) is 1.00. The molecule has 0 aromatic heterocycles. The van der Waals surface area contributed by atoms with Gasteiger partial charge in [0.2, 0.25) is 0 Å². The van der Waals surface area contributed by atoms with Crippen LogP contribution in [-0.2, 0) is 4.57 Å². The first kappa shape index (κ1) is 18.1. The minimum atomic E-state index is -0.866. The normalized spacial score (nSPS) is 11.8. The Hall–Kier alpha value is 0.100. The third-order valence-corrected chi connectivity index (χ3v) is 5.13. The molecule has 0 saturated carbocycles. The van der Waals surface area contributed by atoms with Gasteiger partial charge in [-0.25, -0.2) is 0 Å². The van der Waals surface area contributed by atoms with Crippen molar-refractivity contribution in [1.29, 1.82) is 0 Å². The van der Waals surface area contributed by atoms with Gasteiger partial charge in [0.25, 0.3) is 0 Å². The van der Waals surface area contributed by atoms with E-state index in [0.29, 0.717) is 0 Å². The highest BCUT2D eigenvalue weighted by Crippen LogP contribution is 2.21. The van der Waals surface area contributed by atoms with E-state index < -0.39 is 7.80 Å². The number of unbranched alkanes of at least 4 members (excludes halogenated alkanes) is 11. The van der Waals surface area contributed by atoms with Crippen molar-refractivity contribution in [3.05, 3.63) is 0 Å². The Morgan fingerprint density at radius 2 is 1.00 bits per heavy atom. The summed E-state index contributed by atoms with van der Waals surface area (Å²) in [6, 6.07) is 0. The molecule has 0 aromatic rings. The van der Waals surface area contributed by atoms with E-state index in [-0.39, 0.29) is 0 Å². The second-order valence-electron chi connectivity index (χ2n) is 5.41. The first-order chi connectivity index (χ1) is 8.81. The Balaban J connectivity index is 2.97. The van der Waals surface area contributed by atoms with Crippen molar-refractivity contribution in [2.24, 2.45) is 0 Å². The second kappa shape index (κ2) is 15.2. The molecule has 0 N–H and O–H groups in total. The van der Waals surface area contributed by atoms with Crippen LogP contribution in [0.3, 0.4) is 0 Å². The molecule has 0 spiro atoms. The third kappa shape index (κ3) is 14.2. The summed E-state index contributed by atoms with van der Waals surface area (Å²) in [4.78, 5) is 0. The number of hydrogen-bond donors (Lipinski definition) is 0. The monoisotopic (exact) mass is 273 g/mol. The zero-order valence-electron chi connectivity index (χ0n) is 12.8. The molecular formula is C16H34OP+. The smallest absolute Gasteiger partial charge is 0.0749 e. The summed E-state index contributed by atoms with van der Waals surface area (Å²) in [5.74, 6) is 0. The molecule has 1 nitrogen and oxygen atoms in total. The summed E-state index contributed by atoms with van der Waals surface area (Å²) in [6.07, 6.45) is 18.4.